The fourth-order valence-corrected chi connectivity index (χ4v) is 2.22. The molecule has 2 heterocycles. The molecule has 0 saturated heterocycles. The Morgan fingerprint density at radius 3 is 2.62 bits per heavy atom. The summed E-state index contributed by atoms with van der Waals surface area (Å²) in [7, 11) is 0. The van der Waals surface area contributed by atoms with E-state index in [1.54, 1.807) is 12.1 Å². The summed E-state index contributed by atoms with van der Waals surface area (Å²) in [5, 5.41) is 0.886. The number of ether oxygens (including phenoxy) is 1. The van der Waals surface area contributed by atoms with Crippen LogP contribution in [0, 0.1) is 20.8 Å². The van der Waals surface area contributed by atoms with Crippen molar-refractivity contribution in [3.8, 4) is 11.6 Å². The molecule has 5 heteroatoms. The molecule has 0 spiro atoms. The molecule has 0 bridgehead atoms. The summed E-state index contributed by atoms with van der Waals surface area (Å²) in [5.41, 5.74) is 1.84. The number of rotatable bonds is 2. The van der Waals surface area contributed by atoms with Gasteiger partial charge in [0.2, 0.25) is 5.88 Å². The van der Waals surface area contributed by atoms with Crippen molar-refractivity contribution in [2.75, 3.05) is 0 Å². The van der Waals surface area contributed by atoms with Crippen molar-refractivity contribution in [1.82, 2.24) is 9.97 Å². The van der Waals surface area contributed by atoms with Gasteiger partial charge >= 0.3 is 5.63 Å². The summed E-state index contributed by atoms with van der Waals surface area (Å²) in [6.45, 7) is 5.56. The third-order valence-electron chi connectivity index (χ3n) is 3.09. The lowest BCUT2D eigenvalue weighted by molar-refractivity contribution is 0.457. The van der Waals surface area contributed by atoms with Crippen molar-refractivity contribution >= 4 is 11.0 Å². The molecule has 0 saturated carbocycles. The minimum atomic E-state index is -0.370. The summed E-state index contributed by atoms with van der Waals surface area (Å²) in [4.78, 5) is 19.9. The monoisotopic (exact) mass is 282 g/mol. The van der Waals surface area contributed by atoms with Crippen molar-refractivity contribution in [1.29, 1.82) is 0 Å². The summed E-state index contributed by atoms with van der Waals surface area (Å²) in [6.07, 6.45) is 0. The molecular formula is C16H14N2O3. The van der Waals surface area contributed by atoms with Crippen molar-refractivity contribution < 1.29 is 9.15 Å². The first-order chi connectivity index (χ1) is 10.0. The first kappa shape index (κ1) is 13.3. The lowest BCUT2D eigenvalue weighted by Gasteiger charge is -2.07. The molecule has 3 aromatic rings. The highest BCUT2D eigenvalue weighted by Gasteiger charge is 2.06. The van der Waals surface area contributed by atoms with E-state index in [0.29, 0.717) is 23.0 Å². The Kier molecular flexibility index (Phi) is 3.17. The maximum atomic E-state index is 11.4. The second-order valence-electron chi connectivity index (χ2n) is 4.90. The summed E-state index contributed by atoms with van der Waals surface area (Å²) in [6, 6.07) is 8.60. The normalized spacial score (nSPS) is 10.8. The number of nitrogens with zero attached hydrogens (tertiary/aromatic N) is 2. The van der Waals surface area contributed by atoms with Crippen LogP contribution in [0.5, 0.6) is 11.6 Å². The van der Waals surface area contributed by atoms with Gasteiger partial charge in [-0.05, 0) is 38.5 Å². The molecule has 3 rings (SSSR count). The Morgan fingerprint density at radius 2 is 1.86 bits per heavy atom. The van der Waals surface area contributed by atoms with E-state index in [1.165, 1.54) is 6.07 Å². The largest absolute Gasteiger partial charge is 0.439 e. The third-order valence-corrected chi connectivity index (χ3v) is 3.09. The summed E-state index contributed by atoms with van der Waals surface area (Å²) >= 11 is 0. The van der Waals surface area contributed by atoms with E-state index < -0.39 is 0 Å². The number of hydrogen-bond acceptors (Lipinski definition) is 5. The van der Waals surface area contributed by atoms with E-state index in [1.807, 2.05) is 32.9 Å². The predicted octanol–water partition coefficient (Wildman–Crippen LogP) is 3.30. The van der Waals surface area contributed by atoms with Gasteiger partial charge in [0.05, 0.1) is 0 Å². The Balaban J connectivity index is 2.03. The molecule has 0 amide bonds. The van der Waals surface area contributed by atoms with Crippen LogP contribution in [0.25, 0.3) is 11.0 Å². The van der Waals surface area contributed by atoms with Crippen molar-refractivity contribution in [2.24, 2.45) is 0 Å². The first-order valence-corrected chi connectivity index (χ1v) is 6.56. The highest BCUT2D eigenvalue weighted by Crippen LogP contribution is 2.25. The quantitative estimate of drug-likeness (QED) is 0.675. The van der Waals surface area contributed by atoms with Crippen LogP contribution in [-0.4, -0.2) is 9.97 Å². The van der Waals surface area contributed by atoms with Crippen molar-refractivity contribution in [2.45, 2.75) is 20.8 Å². The molecule has 0 radical (unpaired) electrons. The highest BCUT2D eigenvalue weighted by molar-refractivity contribution is 5.81. The van der Waals surface area contributed by atoms with Gasteiger partial charge in [0, 0.05) is 29.3 Å². The van der Waals surface area contributed by atoms with Crippen LogP contribution in [0.15, 0.2) is 39.5 Å². The number of aromatic nitrogens is 2. The van der Waals surface area contributed by atoms with Crippen LogP contribution in [0.3, 0.4) is 0 Å². The lowest BCUT2D eigenvalue weighted by Crippen LogP contribution is -1.98. The Hall–Kier alpha value is -2.69. The molecule has 0 unspecified atom stereocenters. The van der Waals surface area contributed by atoms with Gasteiger partial charge in [-0.25, -0.2) is 9.78 Å². The summed E-state index contributed by atoms with van der Waals surface area (Å²) < 4.78 is 10.9. The molecule has 0 N–H and O–H groups in total. The second kappa shape index (κ2) is 5.01. The van der Waals surface area contributed by atoms with Gasteiger partial charge < -0.3 is 9.15 Å². The number of benzene rings is 1. The van der Waals surface area contributed by atoms with Crippen molar-refractivity contribution in [3.63, 3.8) is 0 Å². The molecule has 0 aliphatic rings. The van der Waals surface area contributed by atoms with E-state index in [-0.39, 0.29) is 5.63 Å². The van der Waals surface area contributed by atoms with Crippen LogP contribution in [0.1, 0.15) is 17.1 Å². The molecule has 0 aliphatic heterocycles. The maximum Gasteiger partial charge on any atom is 0.336 e. The van der Waals surface area contributed by atoms with Gasteiger partial charge in [0.1, 0.15) is 17.2 Å². The van der Waals surface area contributed by atoms with Crippen LogP contribution < -0.4 is 10.4 Å². The average molecular weight is 282 g/mol. The number of fused-ring (bicyclic) bond motifs is 1. The van der Waals surface area contributed by atoms with Gasteiger partial charge in [0.15, 0.2) is 0 Å². The topological polar surface area (TPSA) is 65.2 Å². The van der Waals surface area contributed by atoms with Gasteiger partial charge in [-0.15, -0.1) is 0 Å². The van der Waals surface area contributed by atoms with E-state index in [2.05, 4.69) is 9.97 Å². The zero-order valence-corrected chi connectivity index (χ0v) is 12.0. The zero-order chi connectivity index (χ0) is 15.0. The van der Waals surface area contributed by atoms with Crippen molar-refractivity contribution in [3.05, 3.63) is 57.8 Å². The minimum absolute atomic E-state index is 0.370. The van der Waals surface area contributed by atoms with Gasteiger partial charge in [-0.2, -0.15) is 4.98 Å². The van der Waals surface area contributed by atoms with E-state index >= 15 is 0 Å². The molecule has 0 fully saturated rings. The number of hydrogen-bond donors (Lipinski definition) is 0. The molecule has 5 nitrogen and oxygen atoms in total. The first-order valence-electron chi connectivity index (χ1n) is 6.56. The van der Waals surface area contributed by atoms with Crippen LogP contribution in [-0.2, 0) is 0 Å². The van der Waals surface area contributed by atoms with Crippen LogP contribution in [0.4, 0.5) is 0 Å². The van der Waals surface area contributed by atoms with Gasteiger partial charge in [-0.3, -0.25) is 0 Å². The number of aryl methyl sites for hydroxylation is 3. The molecule has 106 valence electrons. The molecule has 0 aliphatic carbocycles. The average Bonchev–Trinajstić information content (AvgIpc) is 2.36. The fourth-order valence-electron chi connectivity index (χ4n) is 2.22. The van der Waals surface area contributed by atoms with Gasteiger partial charge in [-0.1, -0.05) is 0 Å². The summed E-state index contributed by atoms with van der Waals surface area (Å²) in [5.74, 6) is 1.68. The fraction of sp³-hybridized carbons (Fsp3) is 0.188. The molecule has 0 atom stereocenters. The molecule has 2 aromatic heterocycles. The van der Waals surface area contributed by atoms with Crippen LogP contribution >= 0.6 is 0 Å². The highest BCUT2D eigenvalue weighted by atomic mass is 16.5. The maximum absolute atomic E-state index is 11.4. The van der Waals surface area contributed by atoms with Gasteiger partial charge in [0.25, 0.3) is 0 Å². The molecule has 1 aromatic carbocycles. The van der Waals surface area contributed by atoms with Crippen LogP contribution in [0.2, 0.25) is 0 Å². The third kappa shape index (κ3) is 2.76. The Morgan fingerprint density at radius 1 is 1.05 bits per heavy atom. The smallest absolute Gasteiger partial charge is 0.336 e. The Labute approximate surface area is 121 Å². The molecular weight excluding hydrogens is 268 g/mol. The van der Waals surface area contributed by atoms with E-state index in [0.717, 1.165) is 16.6 Å². The lowest BCUT2D eigenvalue weighted by atomic mass is 10.1. The minimum Gasteiger partial charge on any atom is -0.439 e. The zero-order valence-electron chi connectivity index (χ0n) is 12.0. The molecule has 21 heavy (non-hydrogen) atoms. The van der Waals surface area contributed by atoms with E-state index in [9.17, 15) is 4.79 Å². The second-order valence-corrected chi connectivity index (χ2v) is 4.90. The SMILES string of the molecule is Cc1cc(Oc2ccc3c(C)cc(=O)oc3c2)nc(C)n1. The standard InChI is InChI=1S/C16H14N2O3/c1-9-6-16(19)21-14-8-12(4-5-13(9)14)20-15-7-10(2)17-11(3)18-15/h4-8H,1-3H3. The Bertz CT molecular complexity index is 864. The van der Waals surface area contributed by atoms with E-state index in [4.69, 9.17) is 9.15 Å². The predicted molar refractivity (Wildman–Crippen MR) is 78.8 cm³/mol.